The largest absolute Gasteiger partial charge is 0.480 e. The highest BCUT2D eigenvalue weighted by molar-refractivity contribution is 5.95. The second kappa shape index (κ2) is 47.7. The average Bonchev–Trinajstić information content (AvgIpc) is 1.80. The fourth-order valence-electron chi connectivity index (χ4n) is 16.2. The van der Waals surface area contributed by atoms with E-state index in [1.807, 2.05) is 163 Å². The zero-order valence-corrected chi connectivity index (χ0v) is 72.0. The summed E-state index contributed by atoms with van der Waals surface area (Å²) in [4.78, 5) is 145. The summed E-state index contributed by atoms with van der Waals surface area (Å²) in [7, 11) is 15.0. The molecule has 113 heavy (non-hydrogen) atoms. The quantitative estimate of drug-likeness (QED) is 0.0254. The molecule has 0 aromatic heterocycles. The van der Waals surface area contributed by atoms with Crippen LogP contribution in [0.15, 0.2) is 84.9 Å². The molecule has 3 aromatic carbocycles. The predicted molar refractivity (Wildman–Crippen MR) is 441 cm³/mol. The van der Waals surface area contributed by atoms with E-state index in [1.165, 1.54) is 14.2 Å². The summed E-state index contributed by atoms with van der Waals surface area (Å²) in [6, 6.07) is 19.8. The number of hydrogen-bond donors (Lipinski definition) is 8. The van der Waals surface area contributed by atoms with Crippen molar-refractivity contribution in [1.29, 1.82) is 0 Å². The maximum Gasteiger partial charge on any atom is 0.326 e. The Bertz CT molecular complexity index is 3450. The molecule has 0 unspecified atom stereocenters. The summed E-state index contributed by atoms with van der Waals surface area (Å²) in [5, 5.41) is 27.7. The minimum absolute atomic E-state index is 0.0112. The Morgan fingerprint density at radius 2 is 0.920 bits per heavy atom. The molecule has 2 heterocycles. The lowest BCUT2D eigenvalue weighted by Crippen LogP contribution is -2.59. The Morgan fingerprint density at radius 1 is 0.513 bits per heavy atom. The number of nitrogens with zero attached hydrogens (tertiary/aromatic N) is 5. The molecular weight excluding hydrogens is 1440 g/mol. The number of nitrogens with two attached hydrogens (primary N) is 1. The molecule has 9 N–H and O–H groups in total. The van der Waals surface area contributed by atoms with Crippen LogP contribution in [0.2, 0.25) is 0 Å². The third-order valence-corrected chi connectivity index (χ3v) is 22.9. The topological polar surface area (TPSA) is 342 Å². The fourth-order valence-corrected chi connectivity index (χ4v) is 16.2. The number of carboxylic acids is 1. The van der Waals surface area contributed by atoms with Crippen LogP contribution in [0, 0.1) is 47.3 Å². The van der Waals surface area contributed by atoms with Gasteiger partial charge in [-0.3, -0.25) is 48.1 Å². The molecule has 0 aliphatic carbocycles. The van der Waals surface area contributed by atoms with E-state index in [4.69, 9.17) is 24.7 Å². The molecule has 5 rings (SSSR count). The van der Waals surface area contributed by atoms with E-state index in [-0.39, 0.29) is 115 Å². The van der Waals surface area contributed by atoms with Crippen LogP contribution in [0.5, 0.6) is 0 Å². The summed E-state index contributed by atoms with van der Waals surface area (Å²) < 4.78 is 23.9. The fraction of sp³-hybridized carbons (Fsp3) is 0.674. The molecule has 27 nitrogen and oxygen atoms in total. The van der Waals surface area contributed by atoms with Gasteiger partial charge in [0.05, 0.1) is 91.4 Å². The van der Waals surface area contributed by atoms with E-state index in [0.717, 1.165) is 30.4 Å². The van der Waals surface area contributed by atoms with Gasteiger partial charge in [0.25, 0.3) is 5.91 Å². The minimum atomic E-state index is -1.14. The van der Waals surface area contributed by atoms with Crippen LogP contribution in [-0.4, -0.2) is 257 Å². The van der Waals surface area contributed by atoms with Gasteiger partial charge in [-0.05, 0) is 124 Å². The van der Waals surface area contributed by atoms with Gasteiger partial charge in [-0.25, -0.2) is 4.79 Å². The number of carbonyl (C=O) groups excluding carboxylic acids is 9. The lowest BCUT2D eigenvalue weighted by Gasteiger charge is -2.41. The van der Waals surface area contributed by atoms with Crippen LogP contribution in [0.1, 0.15) is 170 Å². The average molecular weight is 1580 g/mol. The first kappa shape index (κ1) is 97.3. The molecule has 634 valence electrons. The third kappa shape index (κ3) is 27.8. The number of nitrogen functional groups attached to an aromatic ring is 1. The zero-order chi connectivity index (χ0) is 84.8. The van der Waals surface area contributed by atoms with Crippen LogP contribution in [0.3, 0.4) is 0 Å². The minimum Gasteiger partial charge on any atom is -0.480 e. The first-order valence-electron chi connectivity index (χ1n) is 40.6. The number of aliphatic carboxylic acids is 1. The Labute approximate surface area is 674 Å². The molecule has 3 aromatic rings. The lowest BCUT2D eigenvalue weighted by molar-refractivity contribution is -0.148. The Balaban J connectivity index is 0.000000483. The highest BCUT2D eigenvalue weighted by atomic mass is 16.5. The molecule has 2 saturated heterocycles. The van der Waals surface area contributed by atoms with Crippen LogP contribution < -0.4 is 37.6 Å². The summed E-state index contributed by atoms with van der Waals surface area (Å²) in [6.07, 6.45) is 2.18. The number of anilines is 1. The molecular formula is C86H140N12O15. The Morgan fingerprint density at radius 3 is 1.28 bits per heavy atom. The van der Waals surface area contributed by atoms with Crippen molar-refractivity contribution >= 4 is 64.8 Å². The Kier molecular flexibility index (Phi) is 41.1. The van der Waals surface area contributed by atoms with Crippen molar-refractivity contribution < 1.29 is 72.0 Å². The Hall–Kier alpha value is -8.08. The number of carboxylic acid groups (broad SMARTS) is 1. The number of ether oxygens (including phenoxy) is 4. The summed E-state index contributed by atoms with van der Waals surface area (Å²) in [6.45, 7) is 28.2. The van der Waals surface area contributed by atoms with E-state index in [9.17, 15) is 53.1 Å². The normalized spacial score (nSPS) is 18.7. The van der Waals surface area contributed by atoms with Crippen molar-refractivity contribution in [2.24, 2.45) is 47.3 Å². The van der Waals surface area contributed by atoms with Gasteiger partial charge in [0.2, 0.25) is 47.3 Å². The van der Waals surface area contributed by atoms with E-state index >= 15 is 0 Å². The smallest absolute Gasteiger partial charge is 0.326 e. The summed E-state index contributed by atoms with van der Waals surface area (Å²) >= 11 is 0. The van der Waals surface area contributed by atoms with E-state index in [2.05, 4.69) is 31.9 Å². The second-order valence-electron chi connectivity index (χ2n) is 32.6. The van der Waals surface area contributed by atoms with Crippen molar-refractivity contribution in [3.63, 3.8) is 0 Å². The molecule has 0 radical (unpaired) electrons. The third-order valence-electron chi connectivity index (χ3n) is 22.9. The summed E-state index contributed by atoms with van der Waals surface area (Å²) in [5.41, 5.74) is 8.62. The van der Waals surface area contributed by atoms with E-state index < -0.39 is 103 Å². The van der Waals surface area contributed by atoms with Crippen LogP contribution in [0.25, 0.3) is 0 Å². The second-order valence-corrected chi connectivity index (χ2v) is 32.6. The van der Waals surface area contributed by atoms with Gasteiger partial charge in [-0.1, -0.05) is 170 Å². The van der Waals surface area contributed by atoms with Gasteiger partial charge in [0.1, 0.15) is 18.1 Å². The van der Waals surface area contributed by atoms with Crippen molar-refractivity contribution in [2.75, 3.05) is 89.0 Å². The molecule has 0 spiro atoms. The number of nitrogens with one attached hydrogen (secondary N) is 6. The van der Waals surface area contributed by atoms with Crippen molar-refractivity contribution in [3.05, 3.63) is 102 Å². The number of likely N-dealkylation sites (tertiary alicyclic amines) is 2. The molecule has 2 fully saturated rings. The molecule has 2 aliphatic rings. The monoisotopic (exact) mass is 1580 g/mol. The highest BCUT2D eigenvalue weighted by Crippen LogP contribution is 2.33. The molecule has 0 saturated carbocycles. The van der Waals surface area contributed by atoms with Crippen molar-refractivity contribution in [2.45, 2.75) is 246 Å². The number of amides is 9. The SMILES string of the molecule is CC[C@H](C)[C@@H]([C@@H](CC(=O)N1CCC[C@H]1[C@H](OC)[C@@H](C)C(=O)N[C@@H](Cc1ccccc1)C(=O)O)OC)N(C)C(=O)[C@@H](NC(=O)[C@@H](NC)C(C)C)C(C)C.CC[C@H](C)[C@@H]([C@@H](CC(=O)N1CCC[C@H]1[C@H](OC)[C@@H](C)C(=O)N[C@H](CNC(=O)c1ccc(N)cc1)Cc1ccccc1)OC)N(C)C(=O)[C@@H](NC(=O)[C@H](C(C)C)N(C)C)C(C)C. The van der Waals surface area contributed by atoms with Crippen LogP contribution in [-0.2, 0) is 74.9 Å². The highest BCUT2D eigenvalue weighted by Gasteiger charge is 2.47. The maximum absolute atomic E-state index is 14.4. The number of carbonyl (C=O) groups is 10. The first-order chi connectivity index (χ1) is 53.4. The van der Waals surface area contributed by atoms with Gasteiger partial charge < -0.3 is 81.3 Å². The van der Waals surface area contributed by atoms with E-state index in [0.29, 0.717) is 50.0 Å². The van der Waals surface area contributed by atoms with Gasteiger partial charge in [0, 0.05) is 79.8 Å². The van der Waals surface area contributed by atoms with E-state index in [1.54, 1.807) is 93.1 Å². The predicted octanol–water partition coefficient (Wildman–Crippen LogP) is 7.48. The lowest BCUT2D eigenvalue weighted by atomic mass is 9.89. The first-order valence-corrected chi connectivity index (χ1v) is 40.6. The van der Waals surface area contributed by atoms with Crippen LogP contribution >= 0.6 is 0 Å². The van der Waals surface area contributed by atoms with Crippen molar-refractivity contribution in [3.8, 4) is 0 Å². The van der Waals surface area contributed by atoms with Gasteiger partial charge >= 0.3 is 5.97 Å². The van der Waals surface area contributed by atoms with Gasteiger partial charge in [-0.15, -0.1) is 0 Å². The molecule has 27 heteroatoms. The number of benzene rings is 3. The maximum atomic E-state index is 14.4. The van der Waals surface area contributed by atoms with Gasteiger partial charge in [-0.2, -0.15) is 0 Å². The van der Waals surface area contributed by atoms with Crippen molar-refractivity contribution in [1.82, 2.24) is 56.4 Å². The number of rotatable bonds is 44. The molecule has 9 amide bonds. The molecule has 18 atom stereocenters. The molecule has 0 bridgehead atoms. The summed E-state index contributed by atoms with van der Waals surface area (Å²) in [5.74, 6) is -5.22. The zero-order valence-electron chi connectivity index (χ0n) is 72.0. The standard InChI is InChI=1S/C47H75N7O7.C39H65N5O8/c1-13-31(6)42(53(10)47(59)40(29(2)3)51-46(58)41(30(4)5)52(8)9)38(60-11)27-39(55)54-25-17-20-37(54)43(61-12)32(7)44(56)50-36(26-33-18-15-14-16-19-33)28-49-45(57)34-21-23-35(48)24-22-34;1-12-25(6)34(43(9)38(48)33(24(4)5)42-37(47)32(40-8)23(2)3)30(51-10)22-31(45)44-20-16-19-29(44)35(52-11)26(7)36(46)41-28(39(49)50)21-27-17-14-13-15-18-27/h14-16,18-19,21-24,29-32,36-38,40-43H,13,17,20,25-28,48H2,1-12H3,(H,49,57)(H,50,56)(H,51,58);13-15,17-18,23-26,28-30,32-35,40H,12,16,19-22H2,1-11H3,(H,41,46)(H,42,47)(H,49,50)/t31-,32+,36-,37-,38+,40-,41-,42-,43+;25-,26+,28-,29-,30+,32-,33-,34-,35+/m00/s1. The van der Waals surface area contributed by atoms with Gasteiger partial charge in [0.15, 0.2) is 0 Å². The number of hydrogen-bond acceptors (Lipinski definition) is 17. The molecule has 2 aliphatic heterocycles. The van der Waals surface area contributed by atoms with Crippen LogP contribution in [0.4, 0.5) is 5.69 Å². The number of methoxy groups -OCH3 is 4. The number of likely N-dealkylation sites (N-methyl/N-ethyl adjacent to an activating group) is 4.